The standard InChI is InChI=1S/C13H13N3O4/c1-7(16-12(17)11-5-15-13(14)20-11)8-2-3-9-10(4-8)19-6-18-9/h2-5,7H,6H2,1H3,(H2,14,15)(H,16,17)/t7-/m0/s1. The van der Waals surface area contributed by atoms with Crippen LogP contribution in [-0.2, 0) is 0 Å². The Kier molecular flexibility index (Phi) is 2.94. The SMILES string of the molecule is C[C@H](NC(=O)c1cnc(N)o1)c1ccc2c(c1)OCO2. The van der Waals surface area contributed by atoms with Gasteiger partial charge in [0.2, 0.25) is 12.6 Å². The first-order valence-electron chi connectivity index (χ1n) is 6.05. The highest BCUT2D eigenvalue weighted by molar-refractivity contribution is 5.91. The van der Waals surface area contributed by atoms with Crippen molar-refractivity contribution < 1.29 is 18.7 Å². The van der Waals surface area contributed by atoms with Crippen molar-refractivity contribution in [1.29, 1.82) is 0 Å². The number of oxazole rings is 1. The number of nitrogens with one attached hydrogen (secondary N) is 1. The van der Waals surface area contributed by atoms with Gasteiger partial charge in [0.25, 0.3) is 11.9 Å². The first kappa shape index (κ1) is 12.3. The number of nitrogens with zero attached hydrogens (tertiary/aromatic N) is 1. The van der Waals surface area contributed by atoms with E-state index in [0.717, 1.165) is 5.56 Å². The molecular weight excluding hydrogens is 262 g/mol. The first-order chi connectivity index (χ1) is 9.63. The molecule has 0 aliphatic carbocycles. The van der Waals surface area contributed by atoms with E-state index in [4.69, 9.17) is 19.6 Å². The highest BCUT2D eigenvalue weighted by atomic mass is 16.7. The molecule has 7 nitrogen and oxygen atoms in total. The molecule has 2 heterocycles. The lowest BCUT2D eigenvalue weighted by Crippen LogP contribution is -2.26. The zero-order valence-corrected chi connectivity index (χ0v) is 10.8. The van der Waals surface area contributed by atoms with Crippen LogP contribution in [0.4, 0.5) is 6.01 Å². The van der Waals surface area contributed by atoms with Crippen LogP contribution < -0.4 is 20.5 Å². The number of rotatable bonds is 3. The maximum absolute atomic E-state index is 11.9. The Morgan fingerprint density at radius 1 is 1.40 bits per heavy atom. The van der Waals surface area contributed by atoms with Crippen LogP contribution in [0.2, 0.25) is 0 Å². The molecule has 0 radical (unpaired) electrons. The maximum atomic E-state index is 11.9. The lowest BCUT2D eigenvalue weighted by atomic mass is 10.1. The van der Waals surface area contributed by atoms with Crippen LogP contribution in [0.5, 0.6) is 11.5 Å². The van der Waals surface area contributed by atoms with Crippen molar-refractivity contribution in [3.05, 3.63) is 35.7 Å². The summed E-state index contributed by atoms with van der Waals surface area (Å²) in [7, 11) is 0. The van der Waals surface area contributed by atoms with Crippen LogP contribution in [0.3, 0.4) is 0 Å². The molecule has 1 aliphatic rings. The second-order valence-corrected chi connectivity index (χ2v) is 4.37. The molecule has 0 unspecified atom stereocenters. The molecule has 0 saturated heterocycles. The molecule has 1 amide bonds. The van der Waals surface area contributed by atoms with Gasteiger partial charge in [0.15, 0.2) is 11.5 Å². The van der Waals surface area contributed by atoms with Crippen LogP contribution >= 0.6 is 0 Å². The summed E-state index contributed by atoms with van der Waals surface area (Å²) in [6, 6.07) is 5.26. The summed E-state index contributed by atoms with van der Waals surface area (Å²) < 4.78 is 15.5. The Morgan fingerprint density at radius 2 is 2.20 bits per heavy atom. The maximum Gasteiger partial charge on any atom is 0.292 e. The minimum absolute atomic E-state index is 0.0362. The predicted molar refractivity (Wildman–Crippen MR) is 69.4 cm³/mol. The van der Waals surface area contributed by atoms with E-state index < -0.39 is 0 Å². The zero-order chi connectivity index (χ0) is 14.1. The van der Waals surface area contributed by atoms with Crippen molar-refractivity contribution in [2.75, 3.05) is 12.5 Å². The number of nitrogen functional groups attached to an aromatic ring is 1. The molecule has 1 aliphatic heterocycles. The van der Waals surface area contributed by atoms with Crippen LogP contribution in [0.1, 0.15) is 29.1 Å². The Balaban J connectivity index is 1.73. The summed E-state index contributed by atoms with van der Waals surface area (Å²) in [5.41, 5.74) is 6.23. The van der Waals surface area contributed by atoms with Crippen LogP contribution in [0.15, 0.2) is 28.8 Å². The minimum Gasteiger partial charge on any atom is -0.454 e. The van der Waals surface area contributed by atoms with Gasteiger partial charge in [-0.05, 0) is 24.6 Å². The van der Waals surface area contributed by atoms with E-state index in [2.05, 4.69) is 10.3 Å². The van der Waals surface area contributed by atoms with Crippen molar-refractivity contribution >= 4 is 11.9 Å². The minimum atomic E-state index is -0.376. The number of ether oxygens (including phenoxy) is 2. The molecule has 3 N–H and O–H groups in total. The van der Waals surface area contributed by atoms with Crippen LogP contribution in [0, 0.1) is 0 Å². The van der Waals surface area contributed by atoms with E-state index in [1.165, 1.54) is 6.20 Å². The average molecular weight is 275 g/mol. The lowest BCUT2D eigenvalue weighted by molar-refractivity contribution is 0.0913. The molecule has 0 bridgehead atoms. The second-order valence-electron chi connectivity index (χ2n) is 4.37. The molecule has 2 aromatic rings. The monoisotopic (exact) mass is 275 g/mol. The van der Waals surface area contributed by atoms with Gasteiger partial charge in [-0.2, -0.15) is 0 Å². The second kappa shape index (κ2) is 4.76. The summed E-state index contributed by atoms with van der Waals surface area (Å²) in [5.74, 6) is 1.08. The highest BCUT2D eigenvalue weighted by Crippen LogP contribution is 2.34. The number of hydrogen-bond donors (Lipinski definition) is 2. The van der Waals surface area contributed by atoms with Crippen molar-refractivity contribution in [2.45, 2.75) is 13.0 Å². The van der Waals surface area contributed by atoms with Gasteiger partial charge in [-0.3, -0.25) is 4.79 Å². The lowest BCUT2D eigenvalue weighted by Gasteiger charge is -2.13. The van der Waals surface area contributed by atoms with E-state index in [9.17, 15) is 4.79 Å². The average Bonchev–Trinajstić information content (AvgIpc) is 3.05. The van der Waals surface area contributed by atoms with Gasteiger partial charge in [-0.15, -0.1) is 0 Å². The normalized spacial score (nSPS) is 14.1. The number of benzene rings is 1. The summed E-state index contributed by atoms with van der Waals surface area (Å²) >= 11 is 0. The smallest absolute Gasteiger partial charge is 0.292 e. The molecule has 20 heavy (non-hydrogen) atoms. The third kappa shape index (κ3) is 2.25. The number of anilines is 1. The van der Waals surface area contributed by atoms with E-state index in [1.807, 2.05) is 25.1 Å². The van der Waals surface area contributed by atoms with E-state index in [1.54, 1.807) is 0 Å². The molecule has 1 aromatic heterocycles. The Hall–Kier alpha value is -2.70. The third-order valence-corrected chi connectivity index (χ3v) is 2.99. The molecule has 104 valence electrons. The first-order valence-corrected chi connectivity index (χ1v) is 6.05. The number of fused-ring (bicyclic) bond motifs is 1. The number of carbonyl (C=O) groups is 1. The molecule has 1 aromatic carbocycles. The fourth-order valence-electron chi connectivity index (χ4n) is 1.93. The van der Waals surface area contributed by atoms with E-state index >= 15 is 0 Å². The number of carbonyl (C=O) groups excluding carboxylic acids is 1. The summed E-state index contributed by atoms with van der Waals surface area (Å²) in [6.45, 7) is 2.08. The van der Waals surface area contributed by atoms with Crippen molar-refractivity contribution in [1.82, 2.24) is 10.3 Å². The van der Waals surface area contributed by atoms with E-state index in [-0.39, 0.29) is 30.5 Å². The molecular formula is C13H13N3O4. The zero-order valence-electron chi connectivity index (χ0n) is 10.8. The molecule has 0 spiro atoms. The molecule has 0 fully saturated rings. The van der Waals surface area contributed by atoms with Crippen molar-refractivity contribution in [3.8, 4) is 11.5 Å². The van der Waals surface area contributed by atoms with Gasteiger partial charge in [0.05, 0.1) is 12.2 Å². The number of nitrogens with two attached hydrogens (primary N) is 1. The summed E-state index contributed by atoms with van der Waals surface area (Å²) in [6.07, 6.45) is 1.29. The van der Waals surface area contributed by atoms with Gasteiger partial charge in [-0.25, -0.2) is 4.98 Å². The van der Waals surface area contributed by atoms with Gasteiger partial charge < -0.3 is 24.9 Å². The summed E-state index contributed by atoms with van der Waals surface area (Å²) in [4.78, 5) is 15.6. The fourth-order valence-corrected chi connectivity index (χ4v) is 1.93. The van der Waals surface area contributed by atoms with Crippen molar-refractivity contribution in [2.24, 2.45) is 0 Å². The van der Waals surface area contributed by atoms with Gasteiger partial charge in [0, 0.05) is 0 Å². The van der Waals surface area contributed by atoms with Gasteiger partial charge >= 0.3 is 0 Å². The molecule has 7 heteroatoms. The van der Waals surface area contributed by atoms with Crippen molar-refractivity contribution in [3.63, 3.8) is 0 Å². The highest BCUT2D eigenvalue weighted by Gasteiger charge is 2.18. The Labute approximate surface area is 114 Å². The Bertz CT molecular complexity index is 653. The Morgan fingerprint density at radius 3 is 2.95 bits per heavy atom. The largest absolute Gasteiger partial charge is 0.454 e. The van der Waals surface area contributed by atoms with E-state index in [0.29, 0.717) is 11.5 Å². The third-order valence-electron chi connectivity index (χ3n) is 2.99. The van der Waals surface area contributed by atoms with Crippen LogP contribution in [-0.4, -0.2) is 17.7 Å². The quantitative estimate of drug-likeness (QED) is 0.880. The molecule has 1 atom stereocenters. The fraction of sp³-hybridized carbons (Fsp3) is 0.231. The topological polar surface area (TPSA) is 99.6 Å². The predicted octanol–water partition coefficient (Wildman–Crippen LogP) is 1.48. The van der Waals surface area contributed by atoms with Gasteiger partial charge in [-0.1, -0.05) is 6.07 Å². The van der Waals surface area contributed by atoms with Gasteiger partial charge in [0.1, 0.15) is 0 Å². The number of aromatic nitrogens is 1. The number of amides is 1. The number of hydrogen-bond acceptors (Lipinski definition) is 6. The molecule has 0 saturated carbocycles. The molecule has 3 rings (SSSR count). The summed E-state index contributed by atoms with van der Waals surface area (Å²) in [5, 5.41) is 2.79. The van der Waals surface area contributed by atoms with Crippen LogP contribution in [0.25, 0.3) is 0 Å².